The van der Waals surface area contributed by atoms with Crippen molar-refractivity contribution in [1.29, 1.82) is 0 Å². The van der Waals surface area contributed by atoms with Crippen molar-refractivity contribution < 1.29 is 17.9 Å². The fourth-order valence-corrected chi connectivity index (χ4v) is 5.30. The summed E-state index contributed by atoms with van der Waals surface area (Å²) in [5.74, 6) is 1.39. The lowest BCUT2D eigenvalue weighted by Gasteiger charge is -2.34. The normalized spacial score (nSPS) is 15.1. The van der Waals surface area contributed by atoms with Gasteiger partial charge in [0.15, 0.2) is 0 Å². The molecule has 1 heterocycles. The van der Waals surface area contributed by atoms with Crippen LogP contribution in [-0.2, 0) is 21.4 Å². The Morgan fingerprint density at radius 2 is 1.52 bits per heavy atom. The minimum Gasteiger partial charge on any atom is -0.457 e. The minimum atomic E-state index is -3.31. The number of hydrogen-bond donors (Lipinski definition) is 3. The lowest BCUT2D eigenvalue weighted by molar-refractivity contribution is -0.118. The first-order chi connectivity index (χ1) is 18.8. The van der Waals surface area contributed by atoms with E-state index in [1.807, 2.05) is 42.5 Å². The Balaban J connectivity index is 0.00000441. The summed E-state index contributed by atoms with van der Waals surface area (Å²) in [5, 5.41) is 6.66. The van der Waals surface area contributed by atoms with Crippen LogP contribution in [0.4, 0.5) is 11.4 Å². The summed E-state index contributed by atoms with van der Waals surface area (Å²) in [4.78, 5) is 15.3. The van der Waals surface area contributed by atoms with Gasteiger partial charge in [-0.25, -0.2) is 8.42 Å². The van der Waals surface area contributed by atoms with Gasteiger partial charge in [0.05, 0.1) is 12.3 Å². The zero-order chi connectivity index (χ0) is 27.7. The highest BCUT2D eigenvalue weighted by Crippen LogP contribution is 2.24. The number of hydrogen-bond acceptors (Lipinski definition) is 6. The zero-order valence-corrected chi connectivity index (χ0v) is 24.6. The summed E-state index contributed by atoms with van der Waals surface area (Å²) in [7, 11) is -3.31. The molecule has 1 unspecified atom stereocenters. The SMILES string of the molecule is CCCC(NC1CCN(Cc2ccc(Oc3ccc(NS(C)(=O)=O)cc3)cc2)CC1)C(=O)Nc1ccccc1.Cl. The molecule has 1 aliphatic heterocycles. The van der Waals surface area contributed by atoms with E-state index in [1.54, 1.807) is 24.3 Å². The Bertz CT molecular complexity index is 1300. The van der Waals surface area contributed by atoms with Gasteiger partial charge in [0.2, 0.25) is 15.9 Å². The molecular weight excluding hydrogens is 548 g/mol. The lowest BCUT2D eigenvalue weighted by Crippen LogP contribution is -2.50. The number of nitrogens with one attached hydrogen (secondary N) is 3. The number of ether oxygens (including phenoxy) is 1. The molecule has 0 aliphatic carbocycles. The van der Waals surface area contributed by atoms with E-state index in [-0.39, 0.29) is 24.4 Å². The van der Waals surface area contributed by atoms with Gasteiger partial charge in [0.25, 0.3) is 0 Å². The van der Waals surface area contributed by atoms with Gasteiger partial charge in [-0.3, -0.25) is 14.4 Å². The standard InChI is InChI=1S/C30H38N4O4S.ClH/c1-3-7-29(30(35)32-24-8-5-4-6-9-24)31-25-18-20-34(21-19-25)22-23-10-14-27(15-11-23)38-28-16-12-26(13-17-28)33-39(2,36)37;/h4-6,8-17,25,29,31,33H,3,7,18-22H2,1-2H3,(H,32,35);1H. The maximum absolute atomic E-state index is 12.9. The number of carbonyl (C=O) groups is 1. The number of carbonyl (C=O) groups excluding carboxylic acids is 1. The van der Waals surface area contributed by atoms with Crippen LogP contribution in [0.15, 0.2) is 78.9 Å². The number of anilines is 2. The number of benzene rings is 3. The lowest BCUT2D eigenvalue weighted by atomic mass is 10.0. The van der Waals surface area contributed by atoms with E-state index in [2.05, 4.69) is 39.3 Å². The summed E-state index contributed by atoms with van der Waals surface area (Å²) in [6.45, 7) is 4.93. The van der Waals surface area contributed by atoms with Crippen LogP contribution in [0, 0.1) is 0 Å². The smallest absolute Gasteiger partial charge is 0.241 e. The number of amides is 1. The fraction of sp³-hybridized carbons (Fsp3) is 0.367. The summed E-state index contributed by atoms with van der Waals surface area (Å²) < 4.78 is 31.0. The summed E-state index contributed by atoms with van der Waals surface area (Å²) in [5.41, 5.74) is 2.54. The topological polar surface area (TPSA) is 99.8 Å². The van der Waals surface area contributed by atoms with Crippen LogP contribution in [0.5, 0.6) is 11.5 Å². The molecule has 1 atom stereocenters. The molecule has 3 N–H and O–H groups in total. The zero-order valence-electron chi connectivity index (χ0n) is 23.0. The van der Waals surface area contributed by atoms with E-state index in [0.29, 0.717) is 17.5 Å². The molecule has 4 rings (SSSR count). The van der Waals surface area contributed by atoms with Crippen molar-refractivity contribution in [3.05, 3.63) is 84.4 Å². The molecule has 1 saturated heterocycles. The highest BCUT2D eigenvalue weighted by atomic mass is 35.5. The molecule has 1 amide bonds. The van der Waals surface area contributed by atoms with Gasteiger partial charge in [-0.05, 0) is 86.4 Å². The van der Waals surface area contributed by atoms with Gasteiger partial charge in [0.1, 0.15) is 11.5 Å². The second-order valence-electron chi connectivity index (χ2n) is 10.1. The monoisotopic (exact) mass is 586 g/mol. The van der Waals surface area contributed by atoms with Gasteiger partial charge in [-0.2, -0.15) is 0 Å². The number of para-hydroxylation sites is 1. The average Bonchev–Trinajstić information content (AvgIpc) is 2.91. The molecular formula is C30H39ClN4O4S. The molecule has 0 saturated carbocycles. The van der Waals surface area contributed by atoms with Crippen LogP contribution in [-0.4, -0.2) is 50.7 Å². The molecule has 1 fully saturated rings. The Hall–Kier alpha value is -3.11. The first-order valence-electron chi connectivity index (χ1n) is 13.5. The van der Waals surface area contributed by atoms with Crippen LogP contribution in [0.1, 0.15) is 38.2 Å². The summed E-state index contributed by atoms with van der Waals surface area (Å²) in [6.07, 6.45) is 4.89. The summed E-state index contributed by atoms with van der Waals surface area (Å²) in [6, 6.07) is 24.6. The molecule has 0 bridgehead atoms. The van der Waals surface area contributed by atoms with Crippen molar-refractivity contribution >= 4 is 39.7 Å². The van der Waals surface area contributed by atoms with Crippen LogP contribution < -0.4 is 20.1 Å². The molecule has 0 aromatic heterocycles. The third-order valence-electron chi connectivity index (χ3n) is 6.68. The quantitative estimate of drug-likeness (QED) is 0.254. The third-order valence-corrected chi connectivity index (χ3v) is 7.29. The Labute approximate surface area is 244 Å². The molecule has 0 radical (unpaired) electrons. The Kier molecular flexibility index (Phi) is 11.8. The number of sulfonamides is 1. The number of nitrogens with zero attached hydrogens (tertiary/aromatic N) is 1. The first-order valence-corrected chi connectivity index (χ1v) is 15.4. The van der Waals surface area contributed by atoms with Crippen molar-refractivity contribution in [3.8, 4) is 11.5 Å². The molecule has 1 aliphatic rings. The van der Waals surface area contributed by atoms with Crippen molar-refractivity contribution in [3.63, 3.8) is 0 Å². The van der Waals surface area contributed by atoms with Crippen LogP contribution in [0.25, 0.3) is 0 Å². The second-order valence-corrected chi connectivity index (χ2v) is 11.8. The van der Waals surface area contributed by atoms with E-state index in [9.17, 15) is 13.2 Å². The molecule has 0 spiro atoms. The molecule has 10 heteroatoms. The van der Waals surface area contributed by atoms with Crippen molar-refractivity contribution in [1.82, 2.24) is 10.2 Å². The maximum atomic E-state index is 12.9. The van der Waals surface area contributed by atoms with Gasteiger partial charge >= 0.3 is 0 Å². The number of halogens is 1. The van der Waals surface area contributed by atoms with Crippen molar-refractivity contribution in [2.45, 2.75) is 51.2 Å². The molecule has 40 heavy (non-hydrogen) atoms. The van der Waals surface area contributed by atoms with E-state index < -0.39 is 10.0 Å². The highest BCUT2D eigenvalue weighted by molar-refractivity contribution is 7.92. The van der Waals surface area contributed by atoms with Crippen LogP contribution >= 0.6 is 12.4 Å². The number of likely N-dealkylation sites (tertiary alicyclic amines) is 1. The molecule has 3 aromatic rings. The van der Waals surface area contributed by atoms with Crippen molar-refractivity contribution in [2.75, 3.05) is 29.4 Å². The van der Waals surface area contributed by atoms with Crippen LogP contribution in [0.2, 0.25) is 0 Å². The first kappa shape index (κ1) is 31.4. The van der Waals surface area contributed by atoms with E-state index in [1.165, 1.54) is 5.56 Å². The van der Waals surface area contributed by atoms with Gasteiger partial charge in [-0.1, -0.05) is 43.7 Å². The Morgan fingerprint density at radius 3 is 2.10 bits per heavy atom. The predicted octanol–water partition coefficient (Wildman–Crippen LogP) is 5.63. The maximum Gasteiger partial charge on any atom is 0.241 e. The van der Waals surface area contributed by atoms with E-state index in [0.717, 1.165) is 63.0 Å². The summed E-state index contributed by atoms with van der Waals surface area (Å²) >= 11 is 0. The number of rotatable bonds is 12. The molecule has 3 aromatic carbocycles. The highest BCUT2D eigenvalue weighted by Gasteiger charge is 2.25. The molecule has 8 nitrogen and oxygen atoms in total. The number of piperidine rings is 1. The minimum absolute atomic E-state index is 0. The van der Waals surface area contributed by atoms with E-state index >= 15 is 0 Å². The third kappa shape index (κ3) is 10.1. The van der Waals surface area contributed by atoms with Gasteiger partial charge < -0.3 is 15.4 Å². The van der Waals surface area contributed by atoms with Gasteiger partial charge in [0, 0.05) is 24.0 Å². The Morgan fingerprint density at radius 1 is 0.925 bits per heavy atom. The van der Waals surface area contributed by atoms with Crippen molar-refractivity contribution in [2.24, 2.45) is 0 Å². The molecule has 216 valence electrons. The largest absolute Gasteiger partial charge is 0.457 e. The average molecular weight is 587 g/mol. The van der Waals surface area contributed by atoms with Gasteiger partial charge in [-0.15, -0.1) is 12.4 Å². The fourth-order valence-electron chi connectivity index (χ4n) is 4.73. The van der Waals surface area contributed by atoms with E-state index in [4.69, 9.17) is 4.74 Å². The van der Waals surface area contributed by atoms with Crippen LogP contribution in [0.3, 0.4) is 0 Å². The predicted molar refractivity (Wildman–Crippen MR) is 164 cm³/mol. The second kappa shape index (κ2) is 15.0.